The Labute approximate surface area is 231 Å². The van der Waals surface area contributed by atoms with Gasteiger partial charge in [0, 0.05) is 18.0 Å². The Hall–Kier alpha value is -3.21. The summed E-state index contributed by atoms with van der Waals surface area (Å²) in [6, 6.07) is 15.1. The minimum Gasteiger partial charge on any atom is -0.481 e. The van der Waals surface area contributed by atoms with Crippen molar-refractivity contribution >= 4 is 52.2 Å². The van der Waals surface area contributed by atoms with Gasteiger partial charge in [0.2, 0.25) is 0 Å². The summed E-state index contributed by atoms with van der Waals surface area (Å²) in [7, 11) is -8.22. The molecule has 39 heavy (non-hydrogen) atoms. The second-order valence-corrected chi connectivity index (χ2v) is 12.5. The van der Waals surface area contributed by atoms with Crippen molar-refractivity contribution in [2.24, 2.45) is 0 Å². The first-order valence-electron chi connectivity index (χ1n) is 11.5. The molecule has 13 heteroatoms. The molecular formula is C26H29ClNO9PS. The van der Waals surface area contributed by atoms with E-state index >= 15 is 0 Å². The Balaban J connectivity index is 0.000000370. The summed E-state index contributed by atoms with van der Waals surface area (Å²) in [5.41, 5.74) is 1.79. The zero-order valence-electron chi connectivity index (χ0n) is 21.4. The van der Waals surface area contributed by atoms with Gasteiger partial charge in [0.05, 0.1) is 21.5 Å². The van der Waals surface area contributed by atoms with E-state index in [0.717, 1.165) is 9.87 Å². The molecule has 0 saturated heterocycles. The highest BCUT2D eigenvalue weighted by Gasteiger charge is 2.28. The number of benzene rings is 3. The highest BCUT2D eigenvalue weighted by atomic mass is 35.5. The Bertz CT molecular complexity index is 1480. The molecule has 0 unspecified atom stereocenters. The minimum atomic E-state index is -4.12. The van der Waals surface area contributed by atoms with Gasteiger partial charge >= 0.3 is 19.5 Å². The van der Waals surface area contributed by atoms with Gasteiger partial charge in [-0.2, -0.15) is 0 Å². The molecule has 0 aromatic heterocycles. The molecule has 0 bridgehead atoms. The van der Waals surface area contributed by atoms with Crippen LogP contribution in [-0.4, -0.2) is 46.9 Å². The number of aromatic carboxylic acids is 1. The van der Waals surface area contributed by atoms with Gasteiger partial charge < -0.3 is 20.0 Å². The van der Waals surface area contributed by atoms with Gasteiger partial charge in [-0.1, -0.05) is 47.5 Å². The van der Waals surface area contributed by atoms with Crippen molar-refractivity contribution in [3.63, 3.8) is 0 Å². The Morgan fingerprint density at radius 2 is 1.49 bits per heavy atom. The third kappa shape index (κ3) is 8.64. The van der Waals surface area contributed by atoms with Crippen molar-refractivity contribution in [2.75, 3.05) is 10.8 Å². The minimum absolute atomic E-state index is 0.00595. The number of sulfonamides is 1. The standard InChI is InChI=1S/C18H18ClNO6S.C8H11O3P/c1-12-4-7-14(8-5-12)27(25,26)20(10-2-3-17(21)22)16-11-13(19)6-9-15(16)18(23)24;1-6-4-3-5-7(2)8(6)12(9,10)11/h4-9,11H,2-3,10H2,1H3,(H,21,22)(H,23,24);3-5H,1-2H3,(H2,9,10,11). The third-order valence-corrected chi connectivity index (χ3v) is 8.90. The molecule has 0 aliphatic heterocycles. The zero-order valence-corrected chi connectivity index (χ0v) is 23.9. The highest BCUT2D eigenvalue weighted by Crippen LogP contribution is 2.36. The molecule has 3 rings (SSSR count). The molecule has 0 spiro atoms. The summed E-state index contributed by atoms with van der Waals surface area (Å²) in [5.74, 6) is -2.39. The van der Waals surface area contributed by atoms with Crippen molar-refractivity contribution in [1.82, 2.24) is 0 Å². The fourth-order valence-electron chi connectivity index (χ4n) is 3.74. The van der Waals surface area contributed by atoms with Gasteiger partial charge in [0.1, 0.15) is 0 Å². The maximum Gasteiger partial charge on any atom is 0.356 e. The zero-order chi connectivity index (χ0) is 29.5. The van der Waals surface area contributed by atoms with Crippen LogP contribution in [0.1, 0.15) is 39.9 Å². The monoisotopic (exact) mass is 597 g/mol. The van der Waals surface area contributed by atoms with Crippen molar-refractivity contribution in [2.45, 2.75) is 38.5 Å². The first-order valence-corrected chi connectivity index (χ1v) is 14.9. The SMILES string of the molecule is Cc1ccc(S(=O)(=O)N(CCCC(=O)O)c2cc(Cl)ccc2C(=O)O)cc1.Cc1cccc(C)c1P(=O)(O)O. The molecule has 10 nitrogen and oxygen atoms in total. The second-order valence-electron chi connectivity index (χ2n) is 8.64. The van der Waals surface area contributed by atoms with E-state index < -0.39 is 29.6 Å². The Morgan fingerprint density at radius 1 is 0.923 bits per heavy atom. The third-order valence-electron chi connectivity index (χ3n) is 5.55. The molecule has 3 aromatic carbocycles. The van der Waals surface area contributed by atoms with Crippen molar-refractivity contribution in [3.05, 3.63) is 87.9 Å². The largest absolute Gasteiger partial charge is 0.481 e. The second kappa shape index (κ2) is 13.2. The lowest BCUT2D eigenvalue weighted by Gasteiger charge is -2.26. The summed E-state index contributed by atoms with van der Waals surface area (Å²) >= 11 is 5.96. The Morgan fingerprint density at radius 3 is 1.95 bits per heavy atom. The van der Waals surface area contributed by atoms with Gasteiger partial charge in [0.15, 0.2) is 0 Å². The topological polar surface area (TPSA) is 170 Å². The van der Waals surface area contributed by atoms with Crippen LogP contribution in [0.15, 0.2) is 65.6 Å². The van der Waals surface area contributed by atoms with E-state index in [0.29, 0.717) is 11.1 Å². The lowest BCUT2D eigenvalue weighted by atomic mass is 10.1. The lowest BCUT2D eigenvalue weighted by Crippen LogP contribution is -2.33. The van der Waals surface area contributed by atoms with Gasteiger partial charge in [-0.15, -0.1) is 0 Å². The fraction of sp³-hybridized carbons (Fsp3) is 0.231. The molecule has 0 aliphatic carbocycles. The van der Waals surface area contributed by atoms with Crippen LogP contribution in [0, 0.1) is 20.8 Å². The predicted molar refractivity (Wildman–Crippen MR) is 149 cm³/mol. The summed E-state index contributed by atoms with van der Waals surface area (Å²) < 4.78 is 38.2. The summed E-state index contributed by atoms with van der Waals surface area (Å²) in [6.07, 6.45) is -0.255. The summed E-state index contributed by atoms with van der Waals surface area (Å²) in [5, 5.41) is 18.6. The first kappa shape index (κ1) is 32.0. The van der Waals surface area contributed by atoms with Crippen LogP contribution in [0.25, 0.3) is 0 Å². The van der Waals surface area contributed by atoms with E-state index in [1.54, 1.807) is 51.1 Å². The van der Waals surface area contributed by atoms with Gasteiger partial charge in [-0.25, -0.2) is 13.2 Å². The number of hydrogen-bond acceptors (Lipinski definition) is 5. The number of aryl methyl sites for hydroxylation is 3. The molecule has 0 heterocycles. The average molecular weight is 598 g/mol. The lowest BCUT2D eigenvalue weighted by molar-refractivity contribution is -0.137. The smallest absolute Gasteiger partial charge is 0.356 e. The molecule has 0 amide bonds. The molecule has 0 saturated carbocycles. The quantitative estimate of drug-likeness (QED) is 0.259. The predicted octanol–water partition coefficient (Wildman–Crippen LogP) is 4.51. The number of anilines is 1. The maximum absolute atomic E-state index is 13.1. The number of nitrogens with zero attached hydrogens (tertiary/aromatic N) is 1. The molecular weight excluding hydrogens is 569 g/mol. The van der Waals surface area contributed by atoms with Crippen LogP contribution >= 0.6 is 19.2 Å². The van der Waals surface area contributed by atoms with Crippen molar-refractivity contribution in [1.29, 1.82) is 0 Å². The van der Waals surface area contributed by atoms with Crippen LogP contribution in [0.3, 0.4) is 0 Å². The molecule has 4 N–H and O–H groups in total. The number of aliphatic carboxylic acids is 1. The van der Waals surface area contributed by atoms with Crippen molar-refractivity contribution in [3.8, 4) is 0 Å². The van der Waals surface area contributed by atoms with Gasteiger partial charge in [-0.05, 0) is 68.7 Å². The summed E-state index contributed by atoms with van der Waals surface area (Å²) in [4.78, 5) is 40.3. The molecule has 0 aliphatic rings. The normalized spacial score (nSPS) is 11.3. The highest BCUT2D eigenvalue weighted by molar-refractivity contribution is 7.92. The number of carboxylic acids is 2. The number of hydrogen-bond donors (Lipinski definition) is 4. The number of carbonyl (C=O) groups is 2. The molecule has 0 fully saturated rings. The summed E-state index contributed by atoms with van der Waals surface area (Å²) in [6.45, 7) is 4.99. The van der Waals surface area contributed by atoms with E-state index in [-0.39, 0.29) is 45.9 Å². The van der Waals surface area contributed by atoms with E-state index in [2.05, 4.69) is 0 Å². The number of carboxylic acid groups (broad SMARTS) is 2. The molecule has 0 atom stereocenters. The van der Waals surface area contributed by atoms with Crippen LogP contribution < -0.4 is 9.61 Å². The van der Waals surface area contributed by atoms with Crippen molar-refractivity contribution < 1.29 is 42.6 Å². The van der Waals surface area contributed by atoms with Crippen LogP contribution in [0.5, 0.6) is 0 Å². The van der Waals surface area contributed by atoms with Crippen LogP contribution in [0.4, 0.5) is 5.69 Å². The maximum atomic E-state index is 13.1. The molecule has 3 aromatic rings. The number of rotatable bonds is 9. The van der Waals surface area contributed by atoms with Gasteiger partial charge in [-0.3, -0.25) is 13.7 Å². The molecule has 0 radical (unpaired) electrons. The van der Waals surface area contributed by atoms with E-state index in [4.69, 9.17) is 26.5 Å². The molecule has 210 valence electrons. The Kier molecular flexibility index (Phi) is 10.9. The fourth-order valence-corrected chi connectivity index (χ4v) is 6.49. The van der Waals surface area contributed by atoms with E-state index in [9.17, 15) is 27.7 Å². The number of halogens is 1. The van der Waals surface area contributed by atoms with E-state index in [1.165, 1.54) is 30.3 Å². The first-order chi connectivity index (χ1) is 18.1. The average Bonchev–Trinajstić information content (AvgIpc) is 2.81. The van der Waals surface area contributed by atoms with E-state index in [1.807, 2.05) is 0 Å². The van der Waals surface area contributed by atoms with Crippen LogP contribution in [-0.2, 0) is 19.4 Å². The van der Waals surface area contributed by atoms with Gasteiger partial charge in [0.25, 0.3) is 10.0 Å². The van der Waals surface area contributed by atoms with Crippen LogP contribution in [0.2, 0.25) is 5.02 Å².